The van der Waals surface area contributed by atoms with Crippen LogP contribution in [0, 0.1) is 27.7 Å². The number of rotatable bonds is 10. The van der Waals surface area contributed by atoms with Gasteiger partial charge in [0.25, 0.3) is 0 Å². The minimum absolute atomic E-state index is 0.0950. The van der Waals surface area contributed by atoms with Crippen molar-refractivity contribution >= 4 is 23.4 Å². The summed E-state index contributed by atoms with van der Waals surface area (Å²) >= 11 is 1.84. The highest BCUT2D eigenvalue weighted by Crippen LogP contribution is 2.24. The molecule has 0 aliphatic heterocycles. The first kappa shape index (κ1) is 23.3. The Morgan fingerprint density at radius 3 is 2.31 bits per heavy atom. The van der Waals surface area contributed by atoms with Gasteiger partial charge in [-0.05, 0) is 80.2 Å². The van der Waals surface area contributed by atoms with Gasteiger partial charge < -0.3 is 10.1 Å². The van der Waals surface area contributed by atoms with Crippen molar-refractivity contribution in [3.8, 4) is 5.75 Å². The van der Waals surface area contributed by atoms with Gasteiger partial charge in [0.1, 0.15) is 5.75 Å². The molecule has 0 unspecified atom stereocenters. The summed E-state index contributed by atoms with van der Waals surface area (Å²) in [5.41, 5.74) is 7.09. The minimum Gasteiger partial charge on any atom is -0.493 e. The molecule has 2 rings (SSSR count). The number of aryl methyl sites for hydroxylation is 4. The number of hydrogen-bond donors (Lipinski definition) is 1. The van der Waals surface area contributed by atoms with Crippen LogP contribution in [0.1, 0.15) is 60.4 Å². The number of benzene rings is 2. The SMILES string of the molecule is Cc1cc(C)c(NC(=O)CCCSCCOc2ccc(C(C)C)c(C)c2)c(C)c1. The lowest BCUT2D eigenvalue weighted by molar-refractivity contribution is -0.116. The van der Waals surface area contributed by atoms with E-state index in [2.05, 4.69) is 63.3 Å². The normalized spacial score (nSPS) is 11.0. The van der Waals surface area contributed by atoms with Crippen LogP contribution >= 0.6 is 11.8 Å². The van der Waals surface area contributed by atoms with E-state index >= 15 is 0 Å². The highest BCUT2D eigenvalue weighted by Gasteiger charge is 2.08. The summed E-state index contributed by atoms with van der Waals surface area (Å²) in [6, 6.07) is 10.6. The van der Waals surface area contributed by atoms with Crippen molar-refractivity contribution in [2.24, 2.45) is 0 Å². The van der Waals surface area contributed by atoms with E-state index < -0.39 is 0 Å². The molecular weight excluding hydrogens is 378 g/mol. The van der Waals surface area contributed by atoms with Gasteiger partial charge >= 0.3 is 0 Å². The number of nitrogens with one attached hydrogen (secondary N) is 1. The van der Waals surface area contributed by atoms with Crippen molar-refractivity contribution in [2.75, 3.05) is 23.4 Å². The lowest BCUT2D eigenvalue weighted by Gasteiger charge is -2.13. The maximum Gasteiger partial charge on any atom is 0.224 e. The average Bonchev–Trinajstić information content (AvgIpc) is 2.63. The second kappa shape index (κ2) is 11.3. The summed E-state index contributed by atoms with van der Waals surface area (Å²) in [5, 5.41) is 3.07. The Labute approximate surface area is 180 Å². The largest absolute Gasteiger partial charge is 0.493 e. The number of carbonyl (C=O) groups is 1. The average molecular weight is 414 g/mol. The van der Waals surface area contributed by atoms with Gasteiger partial charge in [-0.1, -0.05) is 37.6 Å². The van der Waals surface area contributed by atoms with Gasteiger partial charge in [0, 0.05) is 17.9 Å². The molecule has 0 aliphatic rings. The number of ether oxygens (including phenoxy) is 1. The Morgan fingerprint density at radius 2 is 1.69 bits per heavy atom. The first-order chi connectivity index (χ1) is 13.8. The zero-order chi connectivity index (χ0) is 21.4. The Morgan fingerprint density at radius 1 is 1.00 bits per heavy atom. The number of anilines is 1. The molecule has 2 aromatic rings. The molecule has 158 valence electrons. The quantitative estimate of drug-likeness (QED) is 0.447. The van der Waals surface area contributed by atoms with E-state index in [1.807, 2.05) is 25.6 Å². The van der Waals surface area contributed by atoms with Crippen LogP contribution in [0.4, 0.5) is 5.69 Å². The van der Waals surface area contributed by atoms with Crippen LogP contribution in [0.2, 0.25) is 0 Å². The van der Waals surface area contributed by atoms with Crippen molar-refractivity contribution < 1.29 is 9.53 Å². The van der Waals surface area contributed by atoms with E-state index in [0.29, 0.717) is 18.9 Å². The van der Waals surface area contributed by atoms with Crippen molar-refractivity contribution in [3.05, 3.63) is 58.1 Å². The molecule has 0 heterocycles. The first-order valence-electron chi connectivity index (χ1n) is 10.5. The third kappa shape index (κ3) is 7.43. The summed E-state index contributed by atoms with van der Waals surface area (Å²) in [4.78, 5) is 12.2. The molecule has 1 N–H and O–H groups in total. The highest BCUT2D eigenvalue weighted by atomic mass is 32.2. The monoisotopic (exact) mass is 413 g/mol. The number of carbonyl (C=O) groups excluding carboxylic acids is 1. The number of thioether (sulfide) groups is 1. The van der Waals surface area contributed by atoms with Gasteiger partial charge in [0.15, 0.2) is 0 Å². The second-order valence-electron chi connectivity index (χ2n) is 8.06. The summed E-state index contributed by atoms with van der Waals surface area (Å²) in [5.74, 6) is 3.47. The lowest BCUT2D eigenvalue weighted by Crippen LogP contribution is -2.13. The maximum atomic E-state index is 12.2. The Bertz CT molecular complexity index is 807. The Kier molecular flexibility index (Phi) is 9.09. The van der Waals surface area contributed by atoms with Crippen molar-refractivity contribution in [1.29, 1.82) is 0 Å². The predicted molar refractivity (Wildman–Crippen MR) is 127 cm³/mol. The molecule has 0 spiro atoms. The summed E-state index contributed by atoms with van der Waals surface area (Å²) in [6.45, 7) is 13.4. The molecule has 0 saturated heterocycles. The molecule has 0 atom stereocenters. The molecule has 0 saturated carbocycles. The lowest BCUT2D eigenvalue weighted by atomic mass is 9.98. The van der Waals surface area contributed by atoms with Crippen LogP contribution in [-0.4, -0.2) is 24.0 Å². The molecule has 0 bridgehead atoms. The standard InChI is InChI=1S/C25H35NO2S/c1-17(2)23-10-9-22(16-19(23)4)28-11-13-29-12-7-8-24(27)26-25-20(5)14-18(3)15-21(25)6/h9-10,14-17H,7-8,11-13H2,1-6H3,(H,26,27). The van der Waals surface area contributed by atoms with Gasteiger partial charge in [-0.3, -0.25) is 4.79 Å². The van der Waals surface area contributed by atoms with Crippen molar-refractivity contribution in [2.45, 2.75) is 60.3 Å². The number of amides is 1. The maximum absolute atomic E-state index is 12.2. The van der Waals surface area contributed by atoms with Gasteiger partial charge in [-0.25, -0.2) is 0 Å². The van der Waals surface area contributed by atoms with E-state index in [1.165, 1.54) is 16.7 Å². The van der Waals surface area contributed by atoms with E-state index in [1.54, 1.807) is 0 Å². The molecule has 0 fully saturated rings. The van der Waals surface area contributed by atoms with Crippen molar-refractivity contribution in [3.63, 3.8) is 0 Å². The smallest absolute Gasteiger partial charge is 0.224 e. The van der Waals surface area contributed by atoms with Crippen LogP contribution in [0.15, 0.2) is 30.3 Å². The third-order valence-corrected chi connectivity index (χ3v) is 6.03. The first-order valence-corrected chi connectivity index (χ1v) is 11.6. The van der Waals surface area contributed by atoms with Crippen LogP contribution in [0.25, 0.3) is 0 Å². The van der Waals surface area contributed by atoms with Crippen LogP contribution in [0.5, 0.6) is 5.75 Å². The van der Waals surface area contributed by atoms with E-state index in [4.69, 9.17) is 4.74 Å². The molecule has 3 nitrogen and oxygen atoms in total. The van der Waals surface area contributed by atoms with Crippen LogP contribution in [-0.2, 0) is 4.79 Å². The topological polar surface area (TPSA) is 38.3 Å². The molecule has 29 heavy (non-hydrogen) atoms. The van der Waals surface area contributed by atoms with E-state index in [9.17, 15) is 4.79 Å². The second-order valence-corrected chi connectivity index (χ2v) is 9.28. The summed E-state index contributed by atoms with van der Waals surface area (Å²) in [6.07, 6.45) is 1.43. The number of hydrogen-bond acceptors (Lipinski definition) is 3. The molecule has 2 aromatic carbocycles. The molecule has 0 aromatic heterocycles. The van der Waals surface area contributed by atoms with Crippen molar-refractivity contribution in [1.82, 2.24) is 0 Å². The Hall–Kier alpha value is -1.94. The molecule has 0 aliphatic carbocycles. The molecular formula is C25H35NO2S. The van der Waals surface area contributed by atoms with Crippen LogP contribution in [0.3, 0.4) is 0 Å². The van der Waals surface area contributed by atoms with E-state index in [-0.39, 0.29) is 5.91 Å². The fraction of sp³-hybridized carbons (Fsp3) is 0.480. The van der Waals surface area contributed by atoms with Gasteiger partial charge in [0.2, 0.25) is 5.91 Å². The highest BCUT2D eigenvalue weighted by molar-refractivity contribution is 7.99. The predicted octanol–water partition coefficient (Wildman–Crippen LogP) is 6.57. The van der Waals surface area contributed by atoms with Crippen LogP contribution < -0.4 is 10.1 Å². The molecule has 1 amide bonds. The third-order valence-electron chi connectivity index (χ3n) is 4.99. The summed E-state index contributed by atoms with van der Waals surface area (Å²) in [7, 11) is 0. The fourth-order valence-electron chi connectivity index (χ4n) is 3.62. The molecule has 0 radical (unpaired) electrons. The summed E-state index contributed by atoms with van der Waals surface area (Å²) < 4.78 is 5.86. The van der Waals surface area contributed by atoms with Gasteiger partial charge in [-0.15, -0.1) is 0 Å². The van der Waals surface area contributed by atoms with Gasteiger partial charge in [0.05, 0.1) is 6.61 Å². The zero-order valence-corrected chi connectivity index (χ0v) is 19.5. The fourth-order valence-corrected chi connectivity index (χ4v) is 4.37. The zero-order valence-electron chi connectivity index (χ0n) is 18.7. The van der Waals surface area contributed by atoms with E-state index in [0.717, 1.165) is 40.5 Å². The molecule has 4 heteroatoms. The Balaban J connectivity index is 1.63. The van der Waals surface area contributed by atoms with Gasteiger partial charge in [-0.2, -0.15) is 11.8 Å². The minimum atomic E-state index is 0.0950.